The van der Waals surface area contributed by atoms with Gasteiger partial charge < -0.3 is 15.0 Å². The van der Waals surface area contributed by atoms with E-state index in [1.807, 2.05) is 35.7 Å². The van der Waals surface area contributed by atoms with Crippen LogP contribution in [-0.4, -0.2) is 36.9 Å². The molecule has 1 heterocycles. The Hall–Kier alpha value is -2.86. The van der Waals surface area contributed by atoms with Crippen LogP contribution in [0.25, 0.3) is 10.8 Å². The average molecular weight is 411 g/mol. The lowest BCUT2D eigenvalue weighted by molar-refractivity contribution is -0.130. The molecule has 2 aromatic carbocycles. The van der Waals surface area contributed by atoms with Crippen LogP contribution in [-0.2, 0) is 11.3 Å². The molecular formula is C23H26N2O3S. The zero-order valence-electron chi connectivity index (χ0n) is 16.8. The number of thiophene rings is 1. The van der Waals surface area contributed by atoms with E-state index in [1.54, 1.807) is 18.0 Å². The maximum Gasteiger partial charge on any atom is 0.261 e. The Morgan fingerprint density at radius 1 is 1.10 bits per heavy atom. The molecule has 0 unspecified atom stereocenters. The van der Waals surface area contributed by atoms with Gasteiger partial charge in [0.15, 0.2) is 0 Å². The first kappa shape index (κ1) is 20.9. The van der Waals surface area contributed by atoms with Crippen LogP contribution in [0.2, 0.25) is 0 Å². The van der Waals surface area contributed by atoms with Crippen molar-refractivity contribution in [2.75, 3.05) is 20.2 Å². The largest absolute Gasteiger partial charge is 0.493 e. The normalized spacial score (nSPS) is 10.7. The predicted octanol–water partition coefficient (Wildman–Crippen LogP) is 4.47. The highest BCUT2D eigenvalue weighted by molar-refractivity contribution is 7.12. The van der Waals surface area contributed by atoms with Crippen LogP contribution in [0.15, 0.2) is 53.9 Å². The lowest BCUT2D eigenvalue weighted by Gasteiger charge is -2.21. The van der Waals surface area contributed by atoms with Crippen LogP contribution in [0.3, 0.4) is 0 Å². The van der Waals surface area contributed by atoms with Gasteiger partial charge >= 0.3 is 0 Å². The molecule has 3 rings (SSSR count). The molecule has 0 atom stereocenters. The molecule has 0 aliphatic rings. The monoisotopic (exact) mass is 410 g/mol. The molecule has 1 N–H and O–H groups in total. The fourth-order valence-electron chi connectivity index (χ4n) is 3.12. The van der Waals surface area contributed by atoms with Crippen LogP contribution in [0.5, 0.6) is 5.75 Å². The van der Waals surface area contributed by atoms with Crippen LogP contribution >= 0.6 is 11.3 Å². The van der Waals surface area contributed by atoms with E-state index in [9.17, 15) is 9.59 Å². The van der Waals surface area contributed by atoms with Crippen LogP contribution in [0, 0.1) is 0 Å². The minimum atomic E-state index is -0.139. The van der Waals surface area contributed by atoms with E-state index >= 15 is 0 Å². The molecule has 29 heavy (non-hydrogen) atoms. The van der Waals surface area contributed by atoms with Crippen LogP contribution in [0.4, 0.5) is 0 Å². The van der Waals surface area contributed by atoms with E-state index < -0.39 is 0 Å². The number of amides is 2. The van der Waals surface area contributed by atoms with Crippen molar-refractivity contribution in [1.29, 1.82) is 0 Å². The summed E-state index contributed by atoms with van der Waals surface area (Å²) in [5, 5.41) is 6.87. The van der Waals surface area contributed by atoms with Gasteiger partial charge in [-0.05, 0) is 34.7 Å². The number of benzene rings is 2. The van der Waals surface area contributed by atoms with E-state index in [2.05, 4.69) is 24.4 Å². The zero-order valence-corrected chi connectivity index (χ0v) is 17.6. The van der Waals surface area contributed by atoms with Gasteiger partial charge in [-0.2, -0.15) is 0 Å². The molecule has 6 heteroatoms. The summed E-state index contributed by atoms with van der Waals surface area (Å²) in [4.78, 5) is 27.0. The van der Waals surface area contributed by atoms with Gasteiger partial charge in [-0.1, -0.05) is 43.3 Å². The highest BCUT2D eigenvalue weighted by Gasteiger charge is 2.16. The van der Waals surface area contributed by atoms with Gasteiger partial charge in [0.1, 0.15) is 5.75 Å². The Morgan fingerprint density at radius 3 is 2.69 bits per heavy atom. The second-order valence-corrected chi connectivity index (χ2v) is 7.79. The number of rotatable bonds is 9. The number of nitrogens with zero attached hydrogens (tertiary/aromatic N) is 1. The van der Waals surface area contributed by atoms with Crippen LogP contribution < -0.4 is 10.1 Å². The maximum absolute atomic E-state index is 12.6. The topological polar surface area (TPSA) is 58.6 Å². The van der Waals surface area contributed by atoms with Gasteiger partial charge in [0.2, 0.25) is 5.91 Å². The van der Waals surface area contributed by atoms with Crippen molar-refractivity contribution < 1.29 is 14.3 Å². The summed E-state index contributed by atoms with van der Waals surface area (Å²) in [6.07, 6.45) is 1.18. The minimum Gasteiger partial charge on any atom is -0.493 e. The first-order valence-corrected chi connectivity index (χ1v) is 10.7. The standard InChI is InChI=1S/C23H26N2O3S/c1-3-14-28-20-11-10-17-7-4-5-8-18(17)19(20)16-25(2)22(26)12-13-24-23(27)21-9-6-15-29-21/h4-11,15H,3,12-14,16H2,1-2H3,(H,24,27). The Kier molecular flexibility index (Phi) is 7.25. The number of carbonyl (C=O) groups is 2. The third-order valence-corrected chi connectivity index (χ3v) is 5.52. The molecule has 2 amide bonds. The lowest BCUT2D eigenvalue weighted by Crippen LogP contribution is -2.31. The molecule has 0 radical (unpaired) electrons. The van der Waals surface area contributed by atoms with Crippen molar-refractivity contribution in [2.45, 2.75) is 26.3 Å². The second-order valence-electron chi connectivity index (χ2n) is 6.84. The van der Waals surface area contributed by atoms with Gasteiger partial charge in [-0.25, -0.2) is 0 Å². The van der Waals surface area contributed by atoms with E-state index in [0.717, 1.165) is 28.5 Å². The Bertz CT molecular complexity index is 969. The van der Waals surface area contributed by atoms with Crippen molar-refractivity contribution in [3.8, 4) is 5.75 Å². The molecule has 0 bridgehead atoms. The summed E-state index contributed by atoms with van der Waals surface area (Å²) in [5.41, 5.74) is 1.01. The summed E-state index contributed by atoms with van der Waals surface area (Å²) >= 11 is 1.39. The average Bonchev–Trinajstić information content (AvgIpc) is 3.28. The van der Waals surface area contributed by atoms with E-state index in [-0.39, 0.29) is 18.2 Å². The minimum absolute atomic E-state index is 0.0224. The zero-order chi connectivity index (χ0) is 20.6. The van der Waals surface area contributed by atoms with E-state index in [4.69, 9.17) is 4.74 Å². The molecule has 0 saturated heterocycles. The van der Waals surface area contributed by atoms with Crippen molar-refractivity contribution in [2.24, 2.45) is 0 Å². The van der Waals surface area contributed by atoms with Gasteiger partial charge in [-0.15, -0.1) is 11.3 Å². The first-order valence-electron chi connectivity index (χ1n) is 9.79. The predicted molar refractivity (Wildman–Crippen MR) is 117 cm³/mol. The van der Waals surface area contributed by atoms with Crippen molar-refractivity contribution in [1.82, 2.24) is 10.2 Å². The summed E-state index contributed by atoms with van der Waals surface area (Å²) in [6, 6.07) is 15.8. The molecular weight excluding hydrogens is 384 g/mol. The molecule has 3 aromatic rings. The smallest absolute Gasteiger partial charge is 0.261 e. The molecule has 1 aromatic heterocycles. The highest BCUT2D eigenvalue weighted by atomic mass is 32.1. The second kappa shape index (κ2) is 10.1. The number of fused-ring (bicyclic) bond motifs is 1. The fourth-order valence-corrected chi connectivity index (χ4v) is 3.76. The van der Waals surface area contributed by atoms with E-state index in [1.165, 1.54) is 11.3 Å². The number of carbonyl (C=O) groups excluding carboxylic acids is 2. The summed E-state index contributed by atoms with van der Waals surface area (Å²) < 4.78 is 5.94. The fraction of sp³-hybridized carbons (Fsp3) is 0.304. The Morgan fingerprint density at radius 2 is 1.93 bits per heavy atom. The molecule has 0 spiro atoms. The van der Waals surface area contributed by atoms with Crippen molar-refractivity contribution in [3.05, 3.63) is 64.4 Å². The molecule has 0 saturated carbocycles. The van der Waals surface area contributed by atoms with Crippen molar-refractivity contribution in [3.63, 3.8) is 0 Å². The molecule has 0 aliphatic carbocycles. The Labute approximate surface area is 175 Å². The third-order valence-electron chi connectivity index (χ3n) is 4.65. The summed E-state index contributed by atoms with van der Waals surface area (Å²) in [5.74, 6) is 0.654. The van der Waals surface area contributed by atoms with Gasteiger partial charge in [-0.3, -0.25) is 9.59 Å². The third kappa shape index (κ3) is 5.35. The first-order chi connectivity index (χ1) is 14.1. The van der Waals surface area contributed by atoms with Gasteiger partial charge in [0.25, 0.3) is 5.91 Å². The summed E-state index contributed by atoms with van der Waals surface area (Å²) in [7, 11) is 1.79. The number of hydrogen-bond donors (Lipinski definition) is 1. The van der Waals surface area contributed by atoms with Gasteiger partial charge in [0.05, 0.1) is 11.5 Å². The molecule has 0 fully saturated rings. The van der Waals surface area contributed by atoms with Crippen LogP contribution in [0.1, 0.15) is 35.0 Å². The van der Waals surface area contributed by atoms with Crippen molar-refractivity contribution >= 4 is 33.9 Å². The lowest BCUT2D eigenvalue weighted by atomic mass is 10.0. The molecule has 5 nitrogen and oxygen atoms in total. The number of nitrogens with one attached hydrogen (secondary N) is 1. The number of hydrogen-bond acceptors (Lipinski definition) is 4. The number of ether oxygens (including phenoxy) is 1. The molecule has 152 valence electrons. The quantitative estimate of drug-likeness (QED) is 0.566. The summed E-state index contributed by atoms with van der Waals surface area (Å²) in [6.45, 7) is 3.48. The molecule has 0 aliphatic heterocycles. The Balaban J connectivity index is 1.65. The maximum atomic E-state index is 12.6. The highest BCUT2D eigenvalue weighted by Crippen LogP contribution is 2.29. The van der Waals surface area contributed by atoms with E-state index in [0.29, 0.717) is 24.6 Å². The van der Waals surface area contributed by atoms with Gasteiger partial charge in [0, 0.05) is 32.1 Å². The SMILES string of the molecule is CCCOc1ccc2ccccc2c1CN(C)C(=O)CCNC(=O)c1cccs1.